The lowest BCUT2D eigenvalue weighted by Gasteiger charge is -2.27. The molecule has 0 aliphatic heterocycles. The predicted octanol–water partition coefficient (Wildman–Crippen LogP) is -8.74. The first-order chi connectivity index (χ1) is 33.4. The van der Waals surface area contributed by atoms with Crippen molar-refractivity contribution in [3.63, 3.8) is 0 Å². The minimum Gasteiger partial charge on any atom is -0.480 e. The largest absolute Gasteiger partial charge is 0.480 e. The average Bonchev–Trinajstić information content (AvgIpc) is 3.29. The summed E-state index contributed by atoms with van der Waals surface area (Å²) >= 11 is 0. The molecular formula is C41H76N16O14. The maximum atomic E-state index is 13.9. The summed E-state index contributed by atoms with van der Waals surface area (Å²) in [5.41, 5.74) is 32.9. The molecule has 0 aliphatic carbocycles. The van der Waals surface area contributed by atoms with E-state index < -0.39 is 146 Å². The number of unbranched alkanes of at least 4 members (excludes halogenated alkanes) is 2. The highest BCUT2D eigenvalue weighted by atomic mass is 16.4. The van der Waals surface area contributed by atoms with Gasteiger partial charge in [0, 0.05) is 6.54 Å². The van der Waals surface area contributed by atoms with Gasteiger partial charge in [-0.2, -0.15) is 0 Å². The van der Waals surface area contributed by atoms with Crippen LogP contribution in [0.5, 0.6) is 0 Å². The van der Waals surface area contributed by atoms with E-state index in [-0.39, 0.29) is 63.6 Å². The molecule has 404 valence electrons. The van der Waals surface area contributed by atoms with Crippen LogP contribution in [0.15, 0.2) is 4.99 Å². The van der Waals surface area contributed by atoms with Crippen molar-refractivity contribution in [2.45, 2.75) is 133 Å². The lowest BCUT2D eigenvalue weighted by Crippen LogP contribution is -2.59. The maximum absolute atomic E-state index is 13.9. The number of guanidine groups is 1. The first kappa shape index (κ1) is 64.2. The van der Waals surface area contributed by atoms with Gasteiger partial charge in [0.05, 0.1) is 38.8 Å². The van der Waals surface area contributed by atoms with Crippen molar-refractivity contribution in [3.05, 3.63) is 0 Å². The molecule has 30 nitrogen and oxygen atoms in total. The van der Waals surface area contributed by atoms with Crippen LogP contribution >= 0.6 is 0 Å². The van der Waals surface area contributed by atoms with E-state index in [0.717, 1.165) is 0 Å². The highest BCUT2D eigenvalue weighted by Gasteiger charge is 2.33. The Balaban J connectivity index is 6.21. The number of carbonyl (C=O) groups is 11. The highest BCUT2D eigenvalue weighted by molar-refractivity contribution is 5.98. The summed E-state index contributed by atoms with van der Waals surface area (Å²) in [7, 11) is 0. The molecule has 0 saturated carbocycles. The second kappa shape index (κ2) is 35.4. The van der Waals surface area contributed by atoms with E-state index in [1.165, 1.54) is 6.92 Å². The molecule has 0 heterocycles. The van der Waals surface area contributed by atoms with Crippen LogP contribution in [0.1, 0.15) is 85.0 Å². The zero-order chi connectivity index (χ0) is 54.2. The van der Waals surface area contributed by atoms with Crippen molar-refractivity contribution < 1.29 is 68.1 Å². The Labute approximate surface area is 410 Å². The molecule has 0 spiro atoms. The molecule has 0 rings (SSSR count). The van der Waals surface area contributed by atoms with E-state index in [4.69, 9.17) is 39.5 Å². The molecular weight excluding hydrogens is 941 g/mol. The number of aliphatic imine (C=N–C) groups is 1. The topological polar surface area (TPSA) is 525 Å². The van der Waals surface area contributed by atoms with Gasteiger partial charge >= 0.3 is 5.97 Å². The third kappa shape index (κ3) is 27.9. The van der Waals surface area contributed by atoms with E-state index in [9.17, 15) is 63.0 Å². The lowest BCUT2D eigenvalue weighted by atomic mass is 10.0. The number of amides is 10. The molecule has 0 bridgehead atoms. The first-order valence-corrected chi connectivity index (χ1v) is 23.0. The molecule has 71 heavy (non-hydrogen) atoms. The van der Waals surface area contributed by atoms with Gasteiger partial charge in [-0.1, -0.05) is 13.8 Å². The van der Waals surface area contributed by atoms with E-state index >= 15 is 0 Å². The molecule has 8 atom stereocenters. The van der Waals surface area contributed by atoms with Gasteiger partial charge in [-0.3, -0.25) is 52.9 Å². The van der Waals surface area contributed by atoms with Gasteiger partial charge in [0.2, 0.25) is 59.1 Å². The zero-order valence-electron chi connectivity index (χ0n) is 40.5. The fourth-order valence-corrected chi connectivity index (χ4v) is 6.25. The van der Waals surface area contributed by atoms with Crippen LogP contribution in [-0.2, 0) is 52.7 Å². The SMILES string of the molecule is CC(C)C[C@H](NC(=O)[C@H](CO)NC(=O)[C@H](C)N)C(=O)N[C@@H](CCCN=C(N)N)C(=O)N[C@@H](CCCCN)C(=O)NCC(=O)N[C@@H](CCCCN)C(=O)NCC(=O)N[C@@H](CC(N)=O)C(=O)N[C@@H](CO)C(=O)O. The molecule has 10 amide bonds. The first-order valence-electron chi connectivity index (χ1n) is 23.0. The van der Waals surface area contributed by atoms with E-state index in [0.29, 0.717) is 25.7 Å². The third-order valence-corrected chi connectivity index (χ3v) is 10.0. The number of rotatable bonds is 37. The minimum absolute atomic E-state index is 0.0106. The molecule has 0 aromatic heterocycles. The van der Waals surface area contributed by atoms with Gasteiger partial charge in [-0.05, 0) is 83.7 Å². The second-order valence-corrected chi connectivity index (χ2v) is 16.8. The fourth-order valence-electron chi connectivity index (χ4n) is 6.25. The minimum atomic E-state index is -1.77. The van der Waals surface area contributed by atoms with Crippen molar-refractivity contribution >= 4 is 71.0 Å². The van der Waals surface area contributed by atoms with Gasteiger partial charge in [0.1, 0.15) is 42.3 Å². The summed E-state index contributed by atoms with van der Waals surface area (Å²) < 4.78 is 0. The zero-order valence-corrected chi connectivity index (χ0v) is 40.5. The van der Waals surface area contributed by atoms with E-state index in [1.807, 2.05) is 5.32 Å². The quantitative estimate of drug-likeness (QED) is 0.0156. The normalized spacial score (nSPS) is 14.3. The van der Waals surface area contributed by atoms with Gasteiger partial charge in [-0.25, -0.2) is 4.79 Å². The number of nitrogens with one attached hydrogen (secondary N) is 9. The number of carboxylic acids is 1. The Hall–Kier alpha value is -6.76. The second-order valence-electron chi connectivity index (χ2n) is 16.8. The Morgan fingerprint density at radius 1 is 0.493 bits per heavy atom. The molecule has 0 fully saturated rings. The van der Waals surface area contributed by atoms with Crippen LogP contribution in [-0.4, -0.2) is 181 Å². The molecule has 0 unspecified atom stereocenters. The summed E-state index contributed by atoms with van der Waals surface area (Å²) in [6.07, 6.45) is 0.896. The number of aliphatic hydroxyl groups is 2. The van der Waals surface area contributed by atoms with Crippen LogP contribution in [0, 0.1) is 5.92 Å². The number of primary amides is 1. The molecule has 0 radical (unpaired) electrons. The number of nitrogens with two attached hydrogens (primary N) is 6. The van der Waals surface area contributed by atoms with Gasteiger partial charge in [-0.15, -0.1) is 0 Å². The number of carboxylic acid groups (broad SMARTS) is 1. The van der Waals surface area contributed by atoms with E-state index in [1.54, 1.807) is 13.8 Å². The maximum Gasteiger partial charge on any atom is 0.328 e. The van der Waals surface area contributed by atoms with Crippen LogP contribution in [0.4, 0.5) is 0 Å². The third-order valence-electron chi connectivity index (χ3n) is 10.0. The molecule has 0 aromatic carbocycles. The van der Waals surface area contributed by atoms with Gasteiger partial charge < -0.3 is 97.6 Å². The molecule has 0 aromatic rings. The summed E-state index contributed by atoms with van der Waals surface area (Å²) in [6.45, 7) is 2.06. The van der Waals surface area contributed by atoms with Crippen LogP contribution in [0.3, 0.4) is 0 Å². The molecule has 24 N–H and O–H groups in total. The number of hydrogen-bond donors (Lipinski definition) is 18. The Bertz CT molecular complexity index is 1820. The Morgan fingerprint density at radius 3 is 1.32 bits per heavy atom. The smallest absolute Gasteiger partial charge is 0.328 e. The average molecular weight is 1020 g/mol. The van der Waals surface area contributed by atoms with Crippen molar-refractivity contribution in [1.29, 1.82) is 0 Å². The van der Waals surface area contributed by atoms with Crippen LogP contribution < -0.4 is 82.3 Å². The number of aliphatic carboxylic acids is 1. The molecule has 30 heteroatoms. The summed E-state index contributed by atoms with van der Waals surface area (Å²) in [4.78, 5) is 145. The monoisotopic (exact) mass is 1020 g/mol. The Morgan fingerprint density at radius 2 is 0.887 bits per heavy atom. The van der Waals surface area contributed by atoms with Gasteiger partial charge in [0.25, 0.3) is 0 Å². The van der Waals surface area contributed by atoms with Crippen LogP contribution in [0.25, 0.3) is 0 Å². The molecule has 0 aliphatic rings. The summed E-state index contributed by atoms with van der Waals surface area (Å²) in [5, 5.41) is 49.4. The highest BCUT2D eigenvalue weighted by Crippen LogP contribution is 2.10. The van der Waals surface area contributed by atoms with Crippen molar-refractivity contribution in [1.82, 2.24) is 47.9 Å². The standard InChI is InChI=1S/C41H76N16O14/c1-21(2)15-26(55-39(69)28(19-58)56-33(63)22(3)44)37(67)54-25(11-8-14-48-41(46)47)36(66)53-24(10-5-7-13-43)35(65)50-17-31(61)51-23(9-4-6-12-42)34(64)49-18-32(62)52-27(16-30(45)60)38(68)57-29(20-59)40(70)71/h21-29,58-59H,4-20,42-44H2,1-3H3,(H2,45,60)(H,49,64)(H,50,65)(H,51,61)(H,52,62)(H,53,66)(H,54,67)(H,55,69)(H,56,63)(H,57,68)(H,70,71)(H4,46,47,48)/t22-,23-,24-,25-,26-,27-,28-,29-/m0/s1. The summed E-state index contributed by atoms with van der Waals surface area (Å²) in [5.74, 6) is -11.2. The number of carbonyl (C=O) groups excluding carboxylic acids is 10. The Kier molecular flexibility index (Phi) is 32.0. The van der Waals surface area contributed by atoms with E-state index in [2.05, 4.69) is 47.5 Å². The number of aliphatic hydroxyl groups excluding tert-OH is 2. The molecule has 0 saturated heterocycles. The fraction of sp³-hybridized carbons (Fsp3) is 0.707. The number of nitrogens with zero attached hydrogens (tertiary/aromatic N) is 1. The van der Waals surface area contributed by atoms with Gasteiger partial charge in [0.15, 0.2) is 5.96 Å². The lowest BCUT2D eigenvalue weighted by molar-refractivity contribution is -0.143. The predicted molar refractivity (Wildman–Crippen MR) is 254 cm³/mol. The van der Waals surface area contributed by atoms with Crippen molar-refractivity contribution in [2.75, 3.05) is 45.9 Å². The van der Waals surface area contributed by atoms with Crippen molar-refractivity contribution in [2.24, 2.45) is 45.3 Å². The number of hydrogen-bond acceptors (Lipinski definition) is 17. The van der Waals surface area contributed by atoms with Crippen molar-refractivity contribution in [3.8, 4) is 0 Å². The van der Waals surface area contributed by atoms with Crippen LogP contribution in [0.2, 0.25) is 0 Å². The summed E-state index contributed by atoms with van der Waals surface area (Å²) in [6, 6.07) is -11.1.